The summed E-state index contributed by atoms with van der Waals surface area (Å²) in [6.07, 6.45) is 0.646. The molecular formula is C19H23N3O4. The van der Waals surface area contributed by atoms with Crippen LogP contribution in [-0.2, 0) is 22.7 Å². The van der Waals surface area contributed by atoms with E-state index in [-0.39, 0.29) is 29.9 Å². The van der Waals surface area contributed by atoms with E-state index in [1.807, 2.05) is 6.07 Å². The van der Waals surface area contributed by atoms with Gasteiger partial charge in [-0.25, -0.2) is 4.79 Å². The van der Waals surface area contributed by atoms with E-state index in [1.165, 1.54) is 4.90 Å². The van der Waals surface area contributed by atoms with Gasteiger partial charge in [0.05, 0.1) is 12.5 Å². The molecule has 0 bridgehead atoms. The maximum absolute atomic E-state index is 12.8. The van der Waals surface area contributed by atoms with Crippen molar-refractivity contribution in [3.63, 3.8) is 0 Å². The summed E-state index contributed by atoms with van der Waals surface area (Å²) in [5, 5.41) is 0. The molecule has 1 aliphatic heterocycles. The molecular weight excluding hydrogens is 334 g/mol. The van der Waals surface area contributed by atoms with Crippen molar-refractivity contribution < 1.29 is 19.2 Å². The molecule has 7 nitrogen and oxygen atoms in total. The first-order valence-electron chi connectivity index (χ1n) is 8.68. The number of ketones is 2. The summed E-state index contributed by atoms with van der Waals surface area (Å²) in [5.41, 5.74) is 2.34. The third kappa shape index (κ3) is 3.21. The van der Waals surface area contributed by atoms with Gasteiger partial charge < -0.3 is 14.7 Å². The first-order chi connectivity index (χ1) is 12.3. The zero-order valence-electron chi connectivity index (χ0n) is 15.3. The second-order valence-corrected chi connectivity index (χ2v) is 7.15. The van der Waals surface area contributed by atoms with E-state index < -0.39 is 6.04 Å². The highest BCUT2D eigenvalue weighted by molar-refractivity contribution is 6.07. The predicted molar refractivity (Wildman–Crippen MR) is 94.5 cm³/mol. The quantitative estimate of drug-likeness (QED) is 0.767. The fourth-order valence-electron chi connectivity index (χ4n) is 3.67. The van der Waals surface area contributed by atoms with Gasteiger partial charge in [-0.05, 0) is 23.6 Å². The van der Waals surface area contributed by atoms with E-state index in [9.17, 15) is 19.2 Å². The van der Waals surface area contributed by atoms with E-state index in [1.54, 1.807) is 43.1 Å². The minimum Gasteiger partial charge on any atom is -0.331 e. The Bertz CT molecular complexity index is 787. The number of amides is 3. The second-order valence-electron chi connectivity index (χ2n) is 7.15. The molecule has 1 heterocycles. The molecule has 0 radical (unpaired) electrons. The van der Waals surface area contributed by atoms with Crippen molar-refractivity contribution in [1.82, 2.24) is 14.7 Å². The number of carbonyl (C=O) groups excluding carboxylic acids is 4. The molecule has 0 saturated heterocycles. The van der Waals surface area contributed by atoms with Gasteiger partial charge in [-0.15, -0.1) is 0 Å². The number of rotatable bonds is 3. The zero-order valence-corrected chi connectivity index (χ0v) is 15.3. The molecule has 1 unspecified atom stereocenters. The number of nitrogens with zero attached hydrogens (tertiary/aromatic N) is 3. The normalized spacial score (nSPS) is 19.6. The minimum absolute atomic E-state index is 0.0556. The van der Waals surface area contributed by atoms with Crippen LogP contribution in [0.4, 0.5) is 4.79 Å². The lowest BCUT2D eigenvalue weighted by Gasteiger charge is -2.29. The van der Waals surface area contributed by atoms with Gasteiger partial charge in [-0.1, -0.05) is 12.1 Å². The summed E-state index contributed by atoms with van der Waals surface area (Å²) in [4.78, 5) is 53.3. The molecule has 1 aromatic carbocycles. The molecule has 1 aliphatic carbocycles. The highest BCUT2D eigenvalue weighted by Gasteiger charge is 2.39. The summed E-state index contributed by atoms with van der Waals surface area (Å²) in [6.45, 7) is 0.733. The molecule has 7 heteroatoms. The Morgan fingerprint density at radius 3 is 2.58 bits per heavy atom. The Balaban J connectivity index is 1.83. The molecule has 138 valence electrons. The lowest BCUT2D eigenvalue weighted by Crippen LogP contribution is -2.44. The van der Waals surface area contributed by atoms with Gasteiger partial charge in [-0.2, -0.15) is 0 Å². The Morgan fingerprint density at radius 1 is 1.19 bits per heavy atom. The van der Waals surface area contributed by atoms with Crippen LogP contribution in [0.25, 0.3) is 0 Å². The van der Waals surface area contributed by atoms with Crippen LogP contribution in [0.2, 0.25) is 0 Å². The smallest absolute Gasteiger partial charge is 0.319 e. The third-order valence-electron chi connectivity index (χ3n) is 5.03. The van der Waals surface area contributed by atoms with Crippen LogP contribution in [0, 0.1) is 0 Å². The molecule has 3 amide bonds. The highest BCUT2D eigenvalue weighted by atomic mass is 16.2. The van der Waals surface area contributed by atoms with Crippen LogP contribution in [0.5, 0.6) is 0 Å². The number of hydrogen-bond acceptors (Lipinski definition) is 4. The molecule has 1 aromatic rings. The van der Waals surface area contributed by atoms with Crippen molar-refractivity contribution in [2.24, 2.45) is 0 Å². The maximum atomic E-state index is 12.8. The third-order valence-corrected chi connectivity index (χ3v) is 5.03. The molecule has 2 aliphatic rings. The largest absolute Gasteiger partial charge is 0.331 e. The van der Waals surface area contributed by atoms with E-state index in [0.717, 1.165) is 11.1 Å². The number of hydrogen-bond donors (Lipinski definition) is 0. The summed E-state index contributed by atoms with van der Waals surface area (Å²) >= 11 is 0. The van der Waals surface area contributed by atoms with Gasteiger partial charge in [-0.3, -0.25) is 14.4 Å². The topological polar surface area (TPSA) is 78.0 Å². The van der Waals surface area contributed by atoms with Crippen LogP contribution in [0.15, 0.2) is 18.2 Å². The van der Waals surface area contributed by atoms with E-state index in [2.05, 4.69) is 0 Å². The van der Waals surface area contributed by atoms with Gasteiger partial charge in [0.2, 0.25) is 0 Å². The predicted octanol–water partition coefficient (Wildman–Crippen LogP) is 1.45. The fourth-order valence-corrected chi connectivity index (χ4v) is 3.67. The van der Waals surface area contributed by atoms with Gasteiger partial charge in [0.1, 0.15) is 5.78 Å². The van der Waals surface area contributed by atoms with Gasteiger partial charge in [0.25, 0.3) is 5.91 Å². The Labute approximate surface area is 152 Å². The number of fused-ring (bicyclic) bond motifs is 1. The van der Waals surface area contributed by atoms with Crippen LogP contribution >= 0.6 is 0 Å². The Kier molecular flexibility index (Phi) is 4.80. The zero-order chi connectivity index (χ0) is 19.0. The molecule has 3 rings (SSSR count). The maximum Gasteiger partial charge on any atom is 0.319 e. The number of Topliss-reactive ketones (excluding diaryl/α,β-unsaturated/α-hetero) is 2. The van der Waals surface area contributed by atoms with E-state index in [0.29, 0.717) is 31.5 Å². The van der Waals surface area contributed by atoms with Gasteiger partial charge in [0.15, 0.2) is 5.78 Å². The lowest BCUT2D eigenvalue weighted by atomic mass is 9.92. The highest BCUT2D eigenvalue weighted by Crippen LogP contribution is 2.31. The lowest BCUT2D eigenvalue weighted by molar-refractivity contribution is -0.133. The van der Waals surface area contributed by atoms with Crippen LogP contribution in [0.3, 0.4) is 0 Å². The van der Waals surface area contributed by atoms with E-state index >= 15 is 0 Å². The Hall–Kier alpha value is -2.70. The van der Waals surface area contributed by atoms with Gasteiger partial charge >= 0.3 is 6.03 Å². The molecule has 1 saturated carbocycles. The van der Waals surface area contributed by atoms with Crippen molar-refractivity contribution in [1.29, 1.82) is 0 Å². The summed E-state index contributed by atoms with van der Waals surface area (Å²) in [6, 6.07) is 4.82. The van der Waals surface area contributed by atoms with Crippen molar-refractivity contribution in [2.45, 2.75) is 38.4 Å². The van der Waals surface area contributed by atoms with E-state index in [4.69, 9.17) is 0 Å². The molecule has 1 fully saturated rings. The average Bonchev–Trinajstić information content (AvgIpc) is 2.92. The van der Waals surface area contributed by atoms with Crippen molar-refractivity contribution in [3.8, 4) is 0 Å². The average molecular weight is 357 g/mol. The van der Waals surface area contributed by atoms with Crippen LogP contribution < -0.4 is 0 Å². The first-order valence-corrected chi connectivity index (χ1v) is 8.68. The molecule has 0 N–H and O–H groups in total. The molecule has 26 heavy (non-hydrogen) atoms. The number of benzene rings is 1. The molecule has 0 aromatic heterocycles. The van der Waals surface area contributed by atoms with Crippen molar-refractivity contribution in [2.75, 3.05) is 21.1 Å². The molecule has 1 atom stereocenters. The van der Waals surface area contributed by atoms with Gasteiger partial charge in [0, 0.05) is 46.2 Å². The van der Waals surface area contributed by atoms with Crippen molar-refractivity contribution >= 4 is 23.5 Å². The minimum atomic E-state index is -0.526. The summed E-state index contributed by atoms with van der Waals surface area (Å²) in [5.74, 6) is -0.403. The Morgan fingerprint density at radius 2 is 1.92 bits per heavy atom. The summed E-state index contributed by atoms with van der Waals surface area (Å²) < 4.78 is 0. The fraction of sp³-hybridized carbons (Fsp3) is 0.474. The molecule has 0 spiro atoms. The summed E-state index contributed by atoms with van der Waals surface area (Å²) in [7, 11) is 5.09. The number of urea groups is 1. The van der Waals surface area contributed by atoms with Crippen LogP contribution in [0.1, 0.15) is 40.7 Å². The standard InChI is InChI=1S/C19H23N3O4/c1-20(2)19(26)21(3)10-12-5-4-6-14-15(12)11-22(18(14)25)16-8-7-13(23)9-17(16)24/h4-6,16H,7-11H2,1-3H3. The second kappa shape index (κ2) is 6.90. The number of carbonyl (C=O) groups is 4. The first kappa shape index (κ1) is 18.1. The van der Waals surface area contributed by atoms with Crippen LogP contribution in [-0.4, -0.2) is 65.4 Å². The van der Waals surface area contributed by atoms with Crippen molar-refractivity contribution in [3.05, 3.63) is 34.9 Å². The monoisotopic (exact) mass is 357 g/mol. The SMILES string of the molecule is CN(C)C(=O)N(C)Cc1cccc2c1CN(C1CCC(=O)CC1=O)C2=O.